The lowest BCUT2D eigenvalue weighted by Gasteiger charge is -2.39. The largest absolute Gasteiger partial charge is 0.493 e. The van der Waals surface area contributed by atoms with Crippen molar-refractivity contribution in [3.63, 3.8) is 0 Å². The Bertz CT molecular complexity index is 942. The van der Waals surface area contributed by atoms with Crippen molar-refractivity contribution in [1.29, 1.82) is 0 Å². The molecule has 0 saturated carbocycles. The number of likely N-dealkylation sites (tertiary alicyclic amines) is 1. The van der Waals surface area contributed by atoms with Crippen molar-refractivity contribution in [2.75, 3.05) is 13.7 Å². The molecule has 1 aliphatic heterocycles. The fourth-order valence-electron chi connectivity index (χ4n) is 3.86. The van der Waals surface area contributed by atoms with E-state index in [1.54, 1.807) is 31.2 Å². The normalized spacial score (nSPS) is 18.8. The van der Waals surface area contributed by atoms with Gasteiger partial charge < -0.3 is 18.8 Å². The number of hydrogen-bond acceptors (Lipinski definition) is 6. The van der Waals surface area contributed by atoms with Crippen molar-refractivity contribution in [2.24, 2.45) is 5.10 Å². The zero-order valence-electron chi connectivity index (χ0n) is 18.4. The first-order valence-electron chi connectivity index (χ1n) is 10.4. The van der Waals surface area contributed by atoms with Gasteiger partial charge in [-0.3, -0.25) is 9.59 Å². The molecule has 2 heterocycles. The number of ether oxygens (including phenoxy) is 2. The van der Waals surface area contributed by atoms with Crippen LogP contribution in [0.25, 0.3) is 0 Å². The number of furan rings is 1. The minimum Gasteiger partial charge on any atom is -0.493 e. The van der Waals surface area contributed by atoms with E-state index in [2.05, 4.69) is 24.4 Å². The third-order valence-electron chi connectivity index (χ3n) is 5.50. The van der Waals surface area contributed by atoms with Gasteiger partial charge in [0.2, 0.25) is 0 Å². The summed E-state index contributed by atoms with van der Waals surface area (Å²) in [5, 5.41) is 3.97. The molecular weight excluding hydrogens is 398 g/mol. The molecule has 0 bridgehead atoms. The summed E-state index contributed by atoms with van der Waals surface area (Å²) in [6.45, 7) is 5.82. The Hall–Kier alpha value is -3.29. The van der Waals surface area contributed by atoms with Crippen molar-refractivity contribution in [2.45, 2.75) is 52.1 Å². The highest BCUT2D eigenvalue weighted by Gasteiger charge is 2.29. The van der Waals surface area contributed by atoms with Crippen LogP contribution in [-0.2, 0) is 4.79 Å². The summed E-state index contributed by atoms with van der Waals surface area (Å²) in [7, 11) is 1.53. The molecule has 2 atom stereocenters. The van der Waals surface area contributed by atoms with Gasteiger partial charge in [-0.25, -0.2) is 5.43 Å². The van der Waals surface area contributed by atoms with Gasteiger partial charge in [0.15, 0.2) is 18.1 Å². The summed E-state index contributed by atoms with van der Waals surface area (Å²) in [5.74, 6) is 1.11. The Morgan fingerprint density at radius 2 is 1.97 bits per heavy atom. The minimum atomic E-state index is -0.353. The lowest BCUT2D eigenvalue weighted by Crippen LogP contribution is -2.49. The maximum Gasteiger partial charge on any atom is 0.274 e. The van der Waals surface area contributed by atoms with E-state index in [0.717, 1.165) is 19.3 Å². The third-order valence-corrected chi connectivity index (χ3v) is 5.50. The maximum absolute atomic E-state index is 12.7. The molecular formula is C23H29N3O5. The number of nitrogens with zero attached hydrogens (tertiary/aromatic N) is 2. The summed E-state index contributed by atoms with van der Waals surface area (Å²) >= 11 is 0. The highest BCUT2D eigenvalue weighted by atomic mass is 16.5. The lowest BCUT2D eigenvalue weighted by molar-refractivity contribution is -0.139. The smallest absolute Gasteiger partial charge is 0.274 e. The van der Waals surface area contributed by atoms with Crippen LogP contribution in [0.15, 0.2) is 40.0 Å². The summed E-state index contributed by atoms with van der Waals surface area (Å²) in [4.78, 5) is 26.6. The first-order chi connectivity index (χ1) is 14.9. The molecule has 0 aliphatic carbocycles. The molecule has 0 unspecified atom stereocenters. The van der Waals surface area contributed by atoms with Crippen LogP contribution < -0.4 is 14.9 Å². The van der Waals surface area contributed by atoms with E-state index in [4.69, 9.17) is 13.9 Å². The molecule has 1 aromatic carbocycles. The van der Waals surface area contributed by atoms with Gasteiger partial charge in [0, 0.05) is 12.1 Å². The Morgan fingerprint density at radius 3 is 2.61 bits per heavy atom. The second-order valence-electron chi connectivity index (χ2n) is 7.72. The van der Waals surface area contributed by atoms with Gasteiger partial charge in [-0.15, -0.1) is 0 Å². The van der Waals surface area contributed by atoms with Gasteiger partial charge in [-0.2, -0.15) is 5.10 Å². The Labute approximate surface area is 182 Å². The second kappa shape index (κ2) is 10.1. The Kier molecular flexibility index (Phi) is 7.33. The predicted octanol–water partition coefficient (Wildman–Crippen LogP) is 3.53. The van der Waals surface area contributed by atoms with E-state index >= 15 is 0 Å². The number of piperidine rings is 1. The fourth-order valence-corrected chi connectivity index (χ4v) is 3.86. The monoisotopic (exact) mass is 427 g/mol. The summed E-state index contributed by atoms with van der Waals surface area (Å²) in [6, 6.07) is 7.25. The Morgan fingerprint density at radius 1 is 1.23 bits per heavy atom. The topological polar surface area (TPSA) is 93.4 Å². The zero-order valence-corrected chi connectivity index (χ0v) is 18.4. The lowest BCUT2D eigenvalue weighted by atomic mass is 9.97. The van der Waals surface area contributed by atoms with Crippen LogP contribution in [0, 0.1) is 6.92 Å². The molecule has 1 aromatic heterocycles. The van der Waals surface area contributed by atoms with Crippen molar-refractivity contribution in [3.05, 3.63) is 47.4 Å². The van der Waals surface area contributed by atoms with Crippen molar-refractivity contribution in [3.8, 4) is 11.5 Å². The molecule has 31 heavy (non-hydrogen) atoms. The molecule has 3 rings (SSSR count). The molecule has 8 nitrogen and oxygen atoms in total. The van der Waals surface area contributed by atoms with Crippen molar-refractivity contribution >= 4 is 18.0 Å². The van der Waals surface area contributed by atoms with Crippen LogP contribution in [0.1, 0.15) is 54.8 Å². The number of hydrogen-bond donors (Lipinski definition) is 1. The van der Waals surface area contributed by atoms with E-state index in [0.29, 0.717) is 28.4 Å². The molecule has 8 heteroatoms. The number of rotatable bonds is 7. The molecule has 166 valence electrons. The third kappa shape index (κ3) is 5.45. The highest BCUT2D eigenvalue weighted by molar-refractivity contribution is 5.95. The molecule has 2 aromatic rings. The Balaban J connectivity index is 1.60. The number of amides is 2. The van der Waals surface area contributed by atoms with Gasteiger partial charge in [0.05, 0.1) is 25.2 Å². The van der Waals surface area contributed by atoms with Crippen molar-refractivity contribution < 1.29 is 23.5 Å². The summed E-state index contributed by atoms with van der Waals surface area (Å²) < 4.78 is 16.3. The van der Waals surface area contributed by atoms with Crippen LogP contribution in [-0.4, -0.2) is 48.7 Å². The summed E-state index contributed by atoms with van der Waals surface area (Å²) in [6.07, 6.45) is 6.14. The van der Waals surface area contributed by atoms with Crippen LogP contribution in [0.4, 0.5) is 0 Å². The molecule has 1 saturated heterocycles. The quantitative estimate of drug-likeness (QED) is 0.539. The van der Waals surface area contributed by atoms with Gasteiger partial charge in [0.25, 0.3) is 11.8 Å². The number of aryl methyl sites for hydroxylation is 1. The van der Waals surface area contributed by atoms with Gasteiger partial charge in [-0.1, -0.05) is 0 Å². The maximum atomic E-state index is 12.7. The van der Waals surface area contributed by atoms with Gasteiger partial charge >= 0.3 is 0 Å². The van der Waals surface area contributed by atoms with E-state index < -0.39 is 0 Å². The number of methoxy groups -OCH3 is 1. The highest BCUT2D eigenvalue weighted by Crippen LogP contribution is 2.28. The van der Waals surface area contributed by atoms with E-state index in [9.17, 15) is 9.59 Å². The van der Waals surface area contributed by atoms with Gasteiger partial charge in [-0.05, 0) is 69.9 Å². The molecule has 1 aliphatic rings. The number of carbonyl (C=O) groups is 2. The van der Waals surface area contributed by atoms with Crippen molar-refractivity contribution in [1.82, 2.24) is 10.3 Å². The summed E-state index contributed by atoms with van der Waals surface area (Å²) in [5.41, 5.74) is 3.60. The molecule has 0 radical (unpaired) electrons. The average molecular weight is 428 g/mol. The molecule has 0 spiro atoms. The van der Waals surface area contributed by atoms with Crippen LogP contribution >= 0.6 is 0 Å². The predicted molar refractivity (Wildman–Crippen MR) is 117 cm³/mol. The average Bonchev–Trinajstić information content (AvgIpc) is 3.18. The first-order valence-corrected chi connectivity index (χ1v) is 10.4. The van der Waals surface area contributed by atoms with Crippen LogP contribution in [0.2, 0.25) is 0 Å². The number of nitrogens with one attached hydrogen (secondary N) is 1. The van der Waals surface area contributed by atoms with Crippen LogP contribution in [0.5, 0.6) is 11.5 Å². The number of benzene rings is 1. The molecule has 1 fully saturated rings. The SMILES string of the molecule is COc1cc(/C=N\NC(=O)c2ccoc2C)ccc1OCC(=O)N1[C@H](C)CCC[C@H]1C. The fraction of sp³-hybridized carbons (Fsp3) is 0.435. The minimum absolute atomic E-state index is 0.0235. The van der Waals surface area contributed by atoms with E-state index in [-0.39, 0.29) is 30.5 Å². The van der Waals surface area contributed by atoms with Gasteiger partial charge in [0.1, 0.15) is 5.76 Å². The zero-order chi connectivity index (χ0) is 22.4. The number of hydrazone groups is 1. The van der Waals surface area contributed by atoms with Crippen LogP contribution in [0.3, 0.4) is 0 Å². The first kappa shape index (κ1) is 22.4. The van der Waals surface area contributed by atoms with E-state index in [1.165, 1.54) is 19.6 Å². The van der Waals surface area contributed by atoms with E-state index in [1.807, 2.05) is 4.90 Å². The number of carbonyl (C=O) groups excluding carboxylic acids is 2. The standard InChI is InChI=1S/C23H29N3O5/c1-15-6-5-7-16(2)26(15)22(27)14-31-20-9-8-18(12-21(20)29-4)13-24-25-23(28)19-10-11-30-17(19)3/h8-13,15-16H,5-7,14H2,1-4H3,(H,25,28)/b24-13-/t15-,16-/m1/s1. The second-order valence-corrected chi connectivity index (χ2v) is 7.72. The molecule has 1 N–H and O–H groups in total. The molecule has 2 amide bonds.